The molecule has 0 rings (SSSR count). The molecule has 0 aromatic rings. The largest absolute Gasteiger partial charge is 0.123 e. The smallest absolute Gasteiger partial charge is 0.0338 e. The summed E-state index contributed by atoms with van der Waals surface area (Å²) in [6.45, 7) is 11.3. The zero-order chi connectivity index (χ0) is 10.4. The average Bonchev–Trinajstić information content (AvgIpc) is 1.95. The monoisotopic (exact) mass is 204 g/mol. The van der Waals surface area contributed by atoms with Gasteiger partial charge in [0.15, 0.2) is 0 Å². The molecule has 0 saturated heterocycles. The summed E-state index contributed by atoms with van der Waals surface area (Å²) in [5, 5.41) is 0.326. The second-order valence-electron chi connectivity index (χ2n) is 4.91. The van der Waals surface area contributed by atoms with Crippen molar-refractivity contribution in [1.29, 1.82) is 0 Å². The van der Waals surface area contributed by atoms with E-state index in [1.54, 1.807) is 0 Å². The predicted molar refractivity (Wildman–Crippen MR) is 62.3 cm³/mol. The lowest BCUT2D eigenvalue weighted by Gasteiger charge is -2.23. The lowest BCUT2D eigenvalue weighted by atomic mass is 9.87. The standard InChI is InChI=1S/C12H25Cl/c1-9(2)7-6-8-12(10(3)4)11(5)13/h9-12H,6-8H2,1-5H3. The van der Waals surface area contributed by atoms with Crippen LogP contribution in [0.15, 0.2) is 0 Å². The molecule has 1 heteroatoms. The Kier molecular flexibility index (Phi) is 6.85. The summed E-state index contributed by atoms with van der Waals surface area (Å²) in [4.78, 5) is 0. The highest BCUT2D eigenvalue weighted by Gasteiger charge is 2.18. The van der Waals surface area contributed by atoms with Gasteiger partial charge in [0.25, 0.3) is 0 Å². The van der Waals surface area contributed by atoms with Crippen molar-refractivity contribution in [1.82, 2.24) is 0 Å². The maximum absolute atomic E-state index is 6.15. The quantitative estimate of drug-likeness (QED) is 0.550. The third-order valence-electron chi connectivity index (χ3n) is 2.77. The van der Waals surface area contributed by atoms with Gasteiger partial charge >= 0.3 is 0 Å². The Hall–Kier alpha value is 0.290. The Morgan fingerprint density at radius 2 is 1.46 bits per heavy atom. The Morgan fingerprint density at radius 1 is 0.923 bits per heavy atom. The van der Waals surface area contributed by atoms with Crippen LogP contribution in [0.4, 0.5) is 0 Å². The van der Waals surface area contributed by atoms with Gasteiger partial charge in [-0.2, -0.15) is 0 Å². The topological polar surface area (TPSA) is 0 Å². The lowest BCUT2D eigenvalue weighted by Crippen LogP contribution is -2.18. The van der Waals surface area contributed by atoms with Crippen LogP contribution in [0, 0.1) is 17.8 Å². The molecule has 0 radical (unpaired) electrons. The van der Waals surface area contributed by atoms with Gasteiger partial charge in [-0.05, 0) is 31.1 Å². The van der Waals surface area contributed by atoms with Crippen molar-refractivity contribution in [2.24, 2.45) is 17.8 Å². The van der Waals surface area contributed by atoms with Gasteiger partial charge in [-0.25, -0.2) is 0 Å². The van der Waals surface area contributed by atoms with Gasteiger partial charge in [-0.15, -0.1) is 11.6 Å². The molecule has 0 amide bonds. The van der Waals surface area contributed by atoms with E-state index in [1.165, 1.54) is 19.3 Å². The minimum absolute atomic E-state index is 0.326. The van der Waals surface area contributed by atoms with Crippen molar-refractivity contribution in [3.63, 3.8) is 0 Å². The second kappa shape index (κ2) is 6.70. The molecule has 2 unspecified atom stereocenters. The first kappa shape index (κ1) is 13.3. The van der Waals surface area contributed by atoms with E-state index in [9.17, 15) is 0 Å². The van der Waals surface area contributed by atoms with Gasteiger partial charge in [0.1, 0.15) is 0 Å². The van der Waals surface area contributed by atoms with Crippen molar-refractivity contribution < 1.29 is 0 Å². The maximum atomic E-state index is 6.15. The molecule has 0 spiro atoms. The van der Waals surface area contributed by atoms with Crippen LogP contribution in [0.1, 0.15) is 53.9 Å². The zero-order valence-electron chi connectivity index (χ0n) is 9.81. The van der Waals surface area contributed by atoms with Crippen molar-refractivity contribution in [2.45, 2.75) is 59.3 Å². The highest BCUT2D eigenvalue weighted by molar-refractivity contribution is 6.20. The fourth-order valence-corrected chi connectivity index (χ4v) is 2.27. The Balaban J connectivity index is 3.70. The molecule has 13 heavy (non-hydrogen) atoms. The van der Waals surface area contributed by atoms with Gasteiger partial charge in [-0.3, -0.25) is 0 Å². The molecular weight excluding hydrogens is 180 g/mol. The third kappa shape index (κ3) is 6.37. The van der Waals surface area contributed by atoms with Gasteiger partial charge in [0.2, 0.25) is 0 Å². The van der Waals surface area contributed by atoms with Crippen LogP contribution in [-0.4, -0.2) is 5.38 Å². The first-order chi connectivity index (χ1) is 5.95. The highest BCUT2D eigenvalue weighted by Crippen LogP contribution is 2.26. The molecule has 0 nitrogen and oxygen atoms in total. The first-order valence-electron chi connectivity index (χ1n) is 5.59. The Morgan fingerprint density at radius 3 is 1.77 bits per heavy atom. The van der Waals surface area contributed by atoms with Crippen molar-refractivity contribution in [3.8, 4) is 0 Å². The first-order valence-corrected chi connectivity index (χ1v) is 6.02. The summed E-state index contributed by atoms with van der Waals surface area (Å²) in [6, 6.07) is 0. The number of halogens is 1. The number of alkyl halides is 1. The van der Waals surface area contributed by atoms with Gasteiger partial charge in [0.05, 0.1) is 0 Å². The van der Waals surface area contributed by atoms with Crippen LogP contribution >= 0.6 is 11.6 Å². The van der Waals surface area contributed by atoms with Crippen molar-refractivity contribution in [3.05, 3.63) is 0 Å². The molecule has 0 fully saturated rings. The normalized spacial score (nSPS) is 16.6. The maximum Gasteiger partial charge on any atom is 0.0338 e. The summed E-state index contributed by atoms with van der Waals surface area (Å²) in [6.07, 6.45) is 3.96. The predicted octanol–water partition coefficient (Wildman–Crippen LogP) is 4.71. The molecule has 0 aromatic heterocycles. The molecule has 0 aliphatic heterocycles. The zero-order valence-corrected chi connectivity index (χ0v) is 10.6. The van der Waals surface area contributed by atoms with E-state index in [0.717, 1.165) is 11.8 Å². The van der Waals surface area contributed by atoms with Crippen LogP contribution in [0.3, 0.4) is 0 Å². The molecule has 0 N–H and O–H groups in total. The minimum Gasteiger partial charge on any atom is -0.123 e. The van der Waals surface area contributed by atoms with E-state index >= 15 is 0 Å². The molecule has 0 aromatic carbocycles. The van der Waals surface area contributed by atoms with E-state index in [1.807, 2.05) is 0 Å². The van der Waals surface area contributed by atoms with Crippen LogP contribution < -0.4 is 0 Å². The SMILES string of the molecule is CC(C)CCCC(C(C)C)C(C)Cl. The van der Waals surface area contributed by atoms with E-state index < -0.39 is 0 Å². The van der Waals surface area contributed by atoms with Gasteiger partial charge in [-0.1, -0.05) is 40.5 Å². The van der Waals surface area contributed by atoms with Crippen LogP contribution in [-0.2, 0) is 0 Å². The molecule has 0 aliphatic rings. The number of rotatable bonds is 6. The summed E-state index contributed by atoms with van der Waals surface area (Å²) in [5.74, 6) is 2.25. The average molecular weight is 205 g/mol. The highest BCUT2D eigenvalue weighted by atomic mass is 35.5. The third-order valence-corrected chi connectivity index (χ3v) is 3.09. The molecule has 0 bridgehead atoms. The van der Waals surface area contributed by atoms with Crippen LogP contribution in [0.25, 0.3) is 0 Å². The second-order valence-corrected chi connectivity index (χ2v) is 5.60. The van der Waals surface area contributed by atoms with Gasteiger partial charge in [0, 0.05) is 5.38 Å². The molecule has 0 heterocycles. The van der Waals surface area contributed by atoms with Crippen LogP contribution in [0.5, 0.6) is 0 Å². The van der Waals surface area contributed by atoms with E-state index in [0.29, 0.717) is 11.3 Å². The summed E-state index contributed by atoms with van der Waals surface area (Å²) < 4.78 is 0. The number of hydrogen-bond donors (Lipinski definition) is 0. The van der Waals surface area contributed by atoms with Crippen molar-refractivity contribution >= 4 is 11.6 Å². The fraction of sp³-hybridized carbons (Fsp3) is 1.00. The Labute approximate surface area is 89.1 Å². The van der Waals surface area contributed by atoms with Gasteiger partial charge < -0.3 is 0 Å². The molecule has 0 aliphatic carbocycles. The van der Waals surface area contributed by atoms with E-state index in [4.69, 9.17) is 11.6 Å². The summed E-state index contributed by atoms with van der Waals surface area (Å²) >= 11 is 6.15. The van der Waals surface area contributed by atoms with E-state index in [-0.39, 0.29) is 0 Å². The fourth-order valence-electron chi connectivity index (χ4n) is 1.86. The van der Waals surface area contributed by atoms with E-state index in [2.05, 4.69) is 34.6 Å². The minimum atomic E-state index is 0.326. The summed E-state index contributed by atoms with van der Waals surface area (Å²) in [5.41, 5.74) is 0. The molecule has 2 atom stereocenters. The lowest BCUT2D eigenvalue weighted by molar-refractivity contribution is 0.334. The Bertz CT molecular complexity index is 108. The summed E-state index contributed by atoms with van der Waals surface area (Å²) in [7, 11) is 0. The molecular formula is C12H25Cl. The van der Waals surface area contributed by atoms with Crippen LogP contribution in [0.2, 0.25) is 0 Å². The van der Waals surface area contributed by atoms with Crippen molar-refractivity contribution in [2.75, 3.05) is 0 Å². The molecule has 0 saturated carbocycles. The number of hydrogen-bond acceptors (Lipinski definition) is 0. The molecule has 80 valence electrons.